The highest BCUT2D eigenvalue weighted by Crippen LogP contribution is 2.25. The van der Waals surface area contributed by atoms with Gasteiger partial charge in [-0.3, -0.25) is 14.6 Å². The number of aliphatic hydroxyl groups is 1. The normalized spacial score (nSPS) is 16.5. The van der Waals surface area contributed by atoms with Gasteiger partial charge < -0.3 is 10.4 Å². The maximum Gasteiger partial charge on any atom is 0.234 e. The minimum absolute atomic E-state index is 0.0266. The Kier molecular flexibility index (Phi) is 7.59. The number of amides is 1. The average Bonchev–Trinajstić information content (AvgIpc) is 2.54. The number of carbonyl (C=O) groups excluding carboxylic acids is 1. The molecule has 0 spiro atoms. The fourth-order valence-electron chi connectivity index (χ4n) is 2.65. The molecule has 1 aliphatic rings. The first-order valence-corrected chi connectivity index (χ1v) is 8.61. The second-order valence-corrected chi connectivity index (χ2v) is 6.44. The Morgan fingerprint density at radius 2 is 1.87 bits per heavy atom. The first-order valence-electron chi connectivity index (χ1n) is 7.85. The summed E-state index contributed by atoms with van der Waals surface area (Å²) in [5.41, 5.74) is 0.942. The van der Waals surface area contributed by atoms with Crippen molar-refractivity contribution in [2.75, 3.05) is 52.4 Å². The summed E-state index contributed by atoms with van der Waals surface area (Å²) >= 11 is 12.1. The molecule has 2 rings (SSSR count). The first-order chi connectivity index (χ1) is 11.1. The molecule has 1 aromatic carbocycles. The SMILES string of the molecule is O=C(CN1CCN(CCO)CC1)NCCc1cccc(Cl)c1Cl. The molecule has 1 amide bonds. The van der Waals surface area contributed by atoms with E-state index in [1.807, 2.05) is 12.1 Å². The van der Waals surface area contributed by atoms with E-state index >= 15 is 0 Å². The zero-order valence-corrected chi connectivity index (χ0v) is 14.6. The molecule has 5 nitrogen and oxygen atoms in total. The van der Waals surface area contributed by atoms with Crippen molar-refractivity contribution in [1.29, 1.82) is 0 Å². The van der Waals surface area contributed by atoms with Crippen molar-refractivity contribution >= 4 is 29.1 Å². The number of nitrogens with zero attached hydrogens (tertiary/aromatic N) is 2. The van der Waals surface area contributed by atoms with Crippen LogP contribution >= 0.6 is 23.2 Å². The monoisotopic (exact) mass is 359 g/mol. The van der Waals surface area contributed by atoms with Crippen LogP contribution in [0.4, 0.5) is 0 Å². The summed E-state index contributed by atoms with van der Waals surface area (Å²) in [6.07, 6.45) is 0.662. The zero-order chi connectivity index (χ0) is 16.7. The van der Waals surface area contributed by atoms with Crippen molar-refractivity contribution in [2.45, 2.75) is 6.42 Å². The highest BCUT2D eigenvalue weighted by molar-refractivity contribution is 6.42. The van der Waals surface area contributed by atoms with E-state index in [1.54, 1.807) is 6.07 Å². The summed E-state index contributed by atoms with van der Waals surface area (Å²) in [5.74, 6) is 0.0266. The third-order valence-electron chi connectivity index (χ3n) is 4.00. The number of halogens is 2. The van der Waals surface area contributed by atoms with Crippen LogP contribution in [-0.2, 0) is 11.2 Å². The molecule has 2 N–H and O–H groups in total. The molecule has 0 atom stereocenters. The zero-order valence-electron chi connectivity index (χ0n) is 13.1. The maximum atomic E-state index is 12.0. The van der Waals surface area contributed by atoms with Crippen molar-refractivity contribution in [3.8, 4) is 0 Å². The Labute approximate surface area is 147 Å². The first kappa shape index (κ1) is 18.5. The van der Waals surface area contributed by atoms with Crippen molar-refractivity contribution < 1.29 is 9.90 Å². The van der Waals surface area contributed by atoms with E-state index in [0.29, 0.717) is 36.1 Å². The van der Waals surface area contributed by atoms with E-state index in [9.17, 15) is 4.79 Å². The van der Waals surface area contributed by atoms with Crippen LogP contribution in [0.15, 0.2) is 18.2 Å². The van der Waals surface area contributed by atoms with Gasteiger partial charge in [0.2, 0.25) is 5.91 Å². The van der Waals surface area contributed by atoms with Crippen molar-refractivity contribution in [1.82, 2.24) is 15.1 Å². The molecule has 1 heterocycles. The largest absolute Gasteiger partial charge is 0.395 e. The van der Waals surface area contributed by atoms with Crippen LogP contribution in [0.1, 0.15) is 5.56 Å². The summed E-state index contributed by atoms with van der Waals surface area (Å²) in [6.45, 7) is 5.35. The number of hydrogen-bond donors (Lipinski definition) is 2. The van der Waals surface area contributed by atoms with Gasteiger partial charge in [0, 0.05) is 39.3 Å². The lowest BCUT2D eigenvalue weighted by molar-refractivity contribution is -0.122. The molecule has 1 aromatic rings. The van der Waals surface area contributed by atoms with Crippen LogP contribution in [-0.4, -0.2) is 73.2 Å². The Bertz CT molecular complexity index is 520. The Hall–Kier alpha value is -0.850. The minimum atomic E-state index is 0.0266. The number of aliphatic hydroxyl groups excluding tert-OH is 1. The summed E-state index contributed by atoms with van der Waals surface area (Å²) in [7, 11) is 0. The van der Waals surface area contributed by atoms with E-state index in [2.05, 4.69) is 15.1 Å². The second-order valence-electron chi connectivity index (χ2n) is 5.65. The highest BCUT2D eigenvalue weighted by atomic mass is 35.5. The molecule has 0 saturated carbocycles. The van der Waals surface area contributed by atoms with Gasteiger partial charge in [0.05, 0.1) is 23.2 Å². The number of hydrogen-bond acceptors (Lipinski definition) is 4. The van der Waals surface area contributed by atoms with E-state index in [4.69, 9.17) is 28.3 Å². The van der Waals surface area contributed by atoms with Gasteiger partial charge in [0.25, 0.3) is 0 Å². The predicted molar refractivity (Wildman–Crippen MR) is 93.1 cm³/mol. The molecule has 1 saturated heterocycles. The van der Waals surface area contributed by atoms with Gasteiger partial charge >= 0.3 is 0 Å². The lowest BCUT2D eigenvalue weighted by atomic mass is 10.1. The molecular weight excluding hydrogens is 337 g/mol. The van der Waals surface area contributed by atoms with Gasteiger partial charge in [-0.2, -0.15) is 0 Å². The standard InChI is InChI=1S/C16H23Cl2N3O2/c17-14-3-1-2-13(16(14)18)4-5-19-15(23)12-21-8-6-20(7-9-21)10-11-22/h1-3,22H,4-12H2,(H,19,23). The minimum Gasteiger partial charge on any atom is -0.395 e. The molecule has 0 bridgehead atoms. The van der Waals surface area contributed by atoms with Crippen molar-refractivity contribution in [2.24, 2.45) is 0 Å². The van der Waals surface area contributed by atoms with Crippen LogP contribution in [0.3, 0.4) is 0 Å². The van der Waals surface area contributed by atoms with Crippen molar-refractivity contribution in [3.63, 3.8) is 0 Å². The fraction of sp³-hybridized carbons (Fsp3) is 0.562. The number of rotatable bonds is 7. The molecular formula is C16H23Cl2N3O2. The Balaban J connectivity index is 1.67. The molecule has 1 fully saturated rings. The van der Waals surface area contributed by atoms with Gasteiger partial charge in [0.1, 0.15) is 0 Å². The number of β-amino-alcohol motifs (C(OH)–C–C–N with tert-alkyl or cyclic N) is 1. The summed E-state index contributed by atoms with van der Waals surface area (Å²) < 4.78 is 0. The van der Waals surface area contributed by atoms with Crippen LogP contribution in [0, 0.1) is 0 Å². The molecule has 1 aliphatic heterocycles. The Morgan fingerprint density at radius 1 is 1.17 bits per heavy atom. The van der Waals surface area contributed by atoms with Gasteiger partial charge in [0.15, 0.2) is 0 Å². The highest BCUT2D eigenvalue weighted by Gasteiger charge is 2.18. The average molecular weight is 360 g/mol. The van der Waals surface area contributed by atoms with Crippen LogP contribution in [0.25, 0.3) is 0 Å². The molecule has 128 valence electrons. The third-order valence-corrected chi connectivity index (χ3v) is 4.85. The van der Waals surface area contributed by atoms with Gasteiger partial charge in [-0.05, 0) is 18.1 Å². The predicted octanol–water partition coefficient (Wildman–Crippen LogP) is 1.26. The van der Waals surface area contributed by atoms with Gasteiger partial charge in [-0.15, -0.1) is 0 Å². The quantitative estimate of drug-likeness (QED) is 0.769. The molecule has 0 aromatic heterocycles. The van der Waals surface area contributed by atoms with Gasteiger partial charge in [-0.25, -0.2) is 0 Å². The maximum absolute atomic E-state index is 12.0. The molecule has 7 heteroatoms. The van der Waals surface area contributed by atoms with E-state index in [1.165, 1.54) is 0 Å². The van der Waals surface area contributed by atoms with E-state index < -0.39 is 0 Å². The number of nitrogens with one attached hydrogen (secondary N) is 1. The third kappa shape index (κ3) is 5.94. The molecule has 0 radical (unpaired) electrons. The number of carbonyl (C=O) groups is 1. The summed E-state index contributed by atoms with van der Waals surface area (Å²) in [4.78, 5) is 16.3. The number of piperazine rings is 1. The van der Waals surface area contributed by atoms with E-state index in [0.717, 1.165) is 31.7 Å². The van der Waals surface area contributed by atoms with Gasteiger partial charge in [-0.1, -0.05) is 35.3 Å². The van der Waals surface area contributed by atoms with Crippen LogP contribution < -0.4 is 5.32 Å². The van der Waals surface area contributed by atoms with Crippen LogP contribution in [0.5, 0.6) is 0 Å². The summed E-state index contributed by atoms with van der Waals surface area (Å²) in [5, 5.41) is 12.9. The molecule has 0 unspecified atom stereocenters. The second kappa shape index (κ2) is 9.45. The topological polar surface area (TPSA) is 55.8 Å². The smallest absolute Gasteiger partial charge is 0.234 e. The lowest BCUT2D eigenvalue weighted by Crippen LogP contribution is -2.50. The molecule has 0 aliphatic carbocycles. The molecule has 23 heavy (non-hydrogen) atoms. The summed E-state index contributed by atoms with van der Waals surface area (Å²) in [6, 6.07) is 5.53. The Morgan fingerprint density at radius 3 is 2.57 bits per heavy atom. The van der Waals surface area contributed by atoms with E-state index in [-0.39, 0.29) is 12.5 Å². The number of benzene rings is 1. The van der Waals surface area contributed by atoms with Crippen molar-refractivity contribution in [3.05, 3.63) is 33.8 Å². The van der Waals surface area contributed by atoms with Crippen LogP contribution in [0.2, 0.25) is 10.0 Å². The lowest BCUT2D eigenvalue weighted by Gasteiger charge is -2.33. The fourth-order valence-corrected chi connectivity index (χ4v) is 3.06.